The minimum Gasteiger partial charge on any atom is -0.369 e. The molecular formula is C25H29ClN4O. The summed E-state index contributed by atoms with van der Waals surface area (Å²) in [6, 6.07) is 8.57. The molecule has 1 N–H and O–H groups in total. The van der Waals surface area contributed by atoms with Gasteiger partial charge < -0.3 is 9.88 Å². The van der Waals surface area contributed by atoms with Gasteiger partial charge in [0.25, 0.3) is 5.56 Å². The minimum absolute atomic E-state index is 0.102. The second-order valence-electron chi connectivity index (χ2n) is 9.82. The van der Waals surface area contributed by atoms with E-state index in [1.165, 1.54) is 30.5 Å². The van der Waals surface area contributed by atoms with E-state index in [9.17, 15) is 4.79 Å². The lowest BCUT2D eigenvalue weighted by atomic mass is 9.84. The fourth-order valence-corrected chi connectivity index (χ4v) is 5.89. The van der Waals surface area contributed by atoms with Gasteiger partial charge in [0, 0.05) is 48.5 Å². The molecule has 6 heteroatoms. The van der Waals surface area contributed by atoms with Crippen molar-refractivity contribution in [3.63, 3.8) is 0 Å². The maximum Gasteiger partial charge on any atom is 0.254 e. The van der Waals surface area contributed by atoms with E-state index in [0.29, 0.717) is 11.5 Å². The van der Waals surface area contributed by atoms with Gasteiger partial charge >= 0.3 is 0 Å². The Morgan fingerprint density at radius 3 is 2.71 bits per heavy atom. The Bertz CT molecular complexity index is 1090. The van der Waals surface area contributed by atoms with E-state index in [-0.39, 0.29) is 5.56 Å². The molecule has 162 valence electrons. The number of rotatable bonds is 3. The van der Waals surface area contributed by atoms with Crippen LogP contribution in [-0.2, 0) is 12.8 Å². The van der Waals surface area contributed by atoms with Crippen molar-refractivity contribution < 1.29 is 0 Å². The van der Waals surface area contributed by atoms with Crippen molar-refractivity contribution in [2.75, 3.05) is 31.1 Å². The van der Waals surface area contributed by atoms with Crippen molar-refractivity contribution in [2.24, 2.45) is 5.41 Å². The average Bonchev–Trinajstić information content (AvgIpc) is 3.34. The fraction of sp³-hybridized carbons (Fsp3) is 0.520. The zero-order chi connectivity index (χ0) is 21.0. The molecule has 6 rings (SSSR count). The Hall–Kier alpha value is -2.11. The van der Waals surface area contributed by atoms with Crippen molar-refractivity contribution in [3.8, 4) is 0 Å². The first-order chi connectivity index (χ1) is 15.1. The molecular weight excluding hydrogens is 408 g/mol. The summed E-state index contributed by atoms with van der Waals surface area (Å²) in [5.41, 5.74) is 4.97. The molecule has 2 aromatic rings. The van der Waals surface area contributed by atoms with E-state index >= 15 is 0 Å². The summed E-state index contributed by atoms with van der Waals surface area (Å²) in [7, 11) is 0. The zero-order valence-corrected chi connectivity index (χ0v) is 18.6. The molecule has 0 radical (unpaired) electrons. The van der Waals surface area contributed by atoms with Gasteiger partial charge in [-0.15, -0.1) is 0 Å². The number of piperazine rings is 1. The standard InChI is InChI=1S/C25H29ClN4O/c26-18-2-1-3-19(15-18)29-10-12-30(13-11-29)20-5-4-17(14-20)23-27-22-6-7-25(8-9-25)16-21(22)24(31)28-23/h1-3,14-15,20H,4-13,16H2,(H,27,28,31)/t20-/m1/s1. The van der Waals surface area contributed by atoms with Gasteiger partial charge in [-0.3, -0.25) is 9.69 Å². The quantitative estimate of drug-likeness (QED) is 0.788. The van der Waals surface area contributed by atoms with Crippen LogP contribution in [0.4, 0.5) is 5.69 Å². The van der Waals surface area contributed by atoms with E-state index < -0.39 is 0 Å². The van der Waals surface area contributed by atoms with Gasteiger partial charge in [0.05, 0.1) is 5.69 Å². The average molecular weight is 437 g/mol. The lowest BCUT2D eigenvalue weighted by Crippen LogP contribution is -2.49. The fourth-order valence-electron chi connectivity index (χ4n) is 5.71. The molecule has 1 aliphatic heterocycles. The summed E-state index contributed by atoms with van der Waals surface area (Å²) in [6.07, 6.45) is 10.1. The van der Waals surface area contributed by atoms with Crippen LogP contribution < -0.4 is 10.5 Å². The summed E-state index contributed by atoms with van der Waals surface area (Å²) in [6.45, 7) is 4.10. The molecule has 0 bridgehead atoms. The Morgan fingerprint density at radius 2 is 1.94 bits per heavy atom. The van der Waals surface area contributed by atoms with Crippen molar-refractivity contribution in [1.29, 1.82) is 0 Å². The van der Waals surface area contributed by atoms with Crippen LogP contribution in [0.1, 0.15) is 49.2 Å². The summed E-state index contributed by atoms with van der Waals surface area (Å²) in [5, 5.41) is 0.794. The highest BCUT2D eigenvalue weighted by Crippen LogP contribution is 2.53. The molecule has 4 aliphatic rings. The number of benzene rings is 1. The smallest absolute Gasteiger partial charge is 0.254 e. The zero-order valence-electron chi connectivity index (χ0n) is 17.9. The molecule has 1 aromatic heterocycles. The molecule has 3 aliphatic carbocycles. The highest BCUT2D eigenvalue weighted by molar-refractivity contribution is 6.30. The molecule has 1 saturated heterocycles. The Labute approximate surface area is 188 Å². The van der Waals surface area contributed by atoms with Crippen LogP contribution in [0.3, 0.4) is 0 Å². The number of fused-ring (bicyclic) bond motifs is 1. The van der Waals surface area contributed by atoms with Gasteiger partial charge in [-0.05, 0) is 74.1 Å². The third-order valence-corrected chi connectivity index (χ3v) is 8.10. The predicted molar refractivity (Wildman–Crippen MR) is 125 cm³/mol. The van der Waals surface area contributed by atoms with Crippen molar-refractivity contribution in [1.82, 2.24) is 14.9 Å². The topological polar surface area (TPSA) is 52.2 Å². The largest absolute Gasteiger partial charge is 0.369 e. The summed E-state index contributed by atoms with van der Waals surface area (Å²) in [5.74, 6) is 0.815. The van der Waals surface area contributed by atoms with E-state index in [1.54, 1.807) is 0 Å². The number of halogens is 1. The van der Waals surface area contributed by atoms with E-state index in [1.807, 2.05) is 18.2 Å². The van der Waals surface area contributed by atoms with Crippen molar-refractivity contribution in [3.05, 3.63) is 62.8 Å². The number of nitrogens with one attached hydrogen (secondary N) is 1. The second-order valence-corrected chi connectivity index (χ2v) is 10.3. The van der Waals surface area contributed by atoms with Gasteiger partial charge in [-0.1, -0.05) is 23.7 Å². The first-order valence-corrected chi connectivity index (χ1v) is 12.0. The molecule has 2 heterocycles. The highest BCUT2D eigenvalue weighted by atomic mass is 35.5. The number of H-pyrrole nitrogens is 1. The first kappa shape index (κ1) is 19.6. The molecule has 5 nitrogen and oxygen atoms in total. The molecule has 1 saturated carbocycles. The number of aromatic amines is 1. The van der Waals surface area contributed by atoms with Gasteiger partial charge in [-0.2, -0.15) is 0 Å². The second kappa shape index (κ2) is 7.49. The highest BCUT2D eigenvalue weighted by Gasteiger charge is 2.45. The Kier molecular flexibility index (Phi) is 4.73. The first-order valence-electron chi connectivity index (χ1n) is 11.7. The van der Waals surface area contributed by atoms with E-state index in [4.69, 9.17) is 16.6 Å². The number of allylic oxidation sites excluding steroid dienone is 1. The summed E-state index contributed by atoms with van der Waals surface area (Å²) < 4.78 is 0. The SMILES string of the molecule is O=c1[nH]c(C2=C[C@H](N3CCN(c4cccc(Cl)c4)CC3)CC2)nc2c1CC1(CC2)CC1. The maximum atomic E-state index is 12.8. The molecule has 31 heavy (non-hydrogen) atoms. The molecule has 2 fully saturated rings. The van der Waals surface area contributed by atoms with Crippen LogP contribution in [0.25, 0.3) is 5.57 Å². The molecule has 0 unspecified atom stereocenters. The van der Waals surface area contributed by atoms with Crippen LogP contribution >= 0.6 is 11.6 Å². The third kappa shape index (κ3) is 3.72. The molecule has 1 atom stereocenters. The number of aromatic nitrogens is 2. The number of aryl methyl sites for hydroxylation is 1. The Balaban J connectivity index is 1.15. The number of hydrogen-bond donors (Lipinski definition) is 1. The number of anilines is 1. The van der Waals surface area contributed by atoms with Crippen molar-refractivity contribution >= 4 is 22.9 Å². The number of nitrogens with zero attached hydrogens (tertiary/aromatic N) is 3. The maximum absolute atomic E-state index is 12.8. The molecule has 1 spiro atoms. The van der Waals surface area contributed by atoms with Crippen LogP contribution in [-0.4, -0.2) is 47.1 Å². The summed E-state index contributed by atoms with van der Waals surface area (Å²) >= 11 is 6.17. The van der Waals surface area contributed by atoms with E-state index in [0.717, 1.165) is 74.0 Å². The van der Waals surface area contributed by atoms with Crippen LogP contribution in [0.5, 0.6) is 0 Å². The predicted octanol–water partition coefficient (Wildman–Crippen LogP) is 4.06. The van der Waals surface area contributed by atoms with Crippen molar-refractivity contribution in [2.45, 2.75) is 51.0 Å². The number of hydrogen-bond acceptors (Lipinski definition) is 4. The minimum atomic E-state index is 0.102. The Morgan fingerprint density at radius 1 is 1.10 bits per heavy atom. The monoisotopic (exact) mass is 436 g/mol. The van der Waals surface area contributed by atoms with Crippen LogP contribution in [0, 0.1) is 5.41 Å². The lowest BCUT2D eigenvalue weighted by molar-refractivity contribution is 0.214. The molecule has 0 amide bonds. The normalized spacial score (nSPS) is 24.9. The third-order valence-electron chi connectivity index (χ3n) is 7.87. The molecule has 1 aromatic carbocycles. The van der Waals surface area contributed by atoms with Gasteiger partial charge in [0.15, 0.2) is 0 Å². The lowest BCUT2D eigenvalue weighted by Gasteiger charge is -2.38. The van der Waals surface area contributed by atoms with Gasteiger partial charge in [0.2, 0.25) is 0 Å². The van der Waals surface area contributed by atoms with Gasteiger partial charge in [0.1, 0.15) is 5.82 Å². The van der Waals surface area contributed by atoms with E-state index in [2.05, 4.69) is 26.9 Å². The van der Waals surface area contributed by atoms with Crippen LogP contribution in [0.15, 0.2) is 35.1 Å². The van der Waals surface area contributed by atoms with Gasteiger partial charge in [-0.25, -0.2) is 4.98 Å². The summed E-state index contributed by atoms with van der Waals surface area (Å²) in [4.78, 5) is 25.8. The van der Waals surface area contributed by atoms with Crippen LogP contribution in [0.2, 0.25) is 5.02 Å².